The summed E-state index contributed by atoms with van der Waals surface area (Å²) in [4.78, 5) is 13.3. The maximum absolute atomic E-state index is 12.3. The highest BCUT2D eigenvalue weighted by molar-refractivity contribution is 7.99. The van der Waals surface area contributed by atoms with Gasteiger partial charge in [-0.15, -0.1) is 11.8 Å². The second-order valence-corrected chi connectivity index (χ2v) is 6.59. The van der Waals surface area contributed by atoms with E-state index in [0.29, 0.717) is 13.2 Å². The van der Waals surface area contributed by atoms with Crippen LogP contribution in [0.2, 0.25) is 0 Å². The van der Waals surface area contributed by atoms with Gasteiger partial charge in [0.05, 0.1) is 12.1 Å². The third kappa shape index (κ3) is 5.03. The van der Waals surface area contributed by atoms with Crippen LogP contribution >= 0.6 is 11.8 Å². The second kappa shape index (κ2) is 8.63. The van der Waals surface area contributed by atoms with E-state index in [-0.39, 0.29) is 5.91 Å². The zero-order valence-electron chi connectivity index (χ0n) is 13.9. The lowest BCUT2D eigenvalue weighted by molar-refractivity contribution is 0.0944. The zero-order valence-corrected chi connectivity index (χ0v) is 14.7. The largest absolute Gasteiger partial charge is 0.492 e. The van der Waals surface area contributed by atoms with E-state index in [9.17, 15) is 4.79 Å². The lowest BCUT2D eigenvalue weighted by Gasteiger charge is -2.11. The molecule has 0 aliphatic rings. The molecule has 0 spiro atoms. The van der Waals surface area contributed by atoms with Crippen molar-refractivity contribution in [3.8, 4) is 5.75 Å². The molecule has 1 amide bonds. The van der Waals surface area contributed by atoms with Crippen LogP contribution in [0.25, 0.3) is 0 Å². The molecule has 0 radical (unpaired) electrons. The number of carbonyl (C=O) groups is 1. The molecule has 2 rings (SSSR count). The quantitative estimate of drug-likeness (QED) is 0.610. The molecule has 0 bridgehead atoms. The van der Waals surface area contributed by atoms with Crippen molar-refractivity contribution in [1.29, 1.82) is 0 Å². The lowest BCUT2D eigenvalue weighted by Crippen LogP contribution is -2.28. The van der Waals surface area contributed by atoms with Crippen molar-refractivity contribution in [2.24, 2.45) is 0 Å². The second-order valence-electron chi connectivity index (χ2n) is 5.28. The highest BCUT2D eigenvalue weighted by atomic mass is 32.2. The molecule has 122 valence electrons. The van der Waals surface area contributed by atoms with E-state index in [1.807, 2.05) is 42.5 Å². The van der Waals surface area contributed by atoms with Crippen LogP contribution in [0.1, 0.15) is 28.4 Å². The average molecular weight is 329 g/mol. The summed E-state index contributed by atoms with van der Waals surface area (Å²) in [6.07, 6.45) is 0. The first kappa shape index (κ1) is 17.4. The Bertz CT molecular complexity index is 670. The summed E-state index contributed by atoms with van der Waals surface area (Å²) in [7, 11) is 0. The SMILES string of the molecule is CCSc1ccccc1C(=O)NCCOc1ccc(C)c(C)c1. The molecule has 3 nitrogen and oxygen atoms in total. The van der Waals surface area contributed by atoms with E-state index in [2.05, 4.69) is 26.1 Å². The molecule has 23 heavy (non-hydrogen) atoms. The number of nitrogens with one attached hydrogen (secondary N) is 1. The van der Waals surface area contributed by atoms with Crippen molar-refractivity contribution < 1.29 is 9.53 Å². The topological polar surface area (TPSA) is 38.3 Å². The Morgan fingerprint density at radius 3 is 2.65 bits per heavy atom. The Hall–Kier alpha value is -1.94. The predicted molar refractivity (Wildman–Crippen MR) is 96.6 cm³/mol. The molecule has 0 fully saturated rings. The molecule has 4 heteroatoms. The zero-order chi connectivity index (χ0) is 16.7. The summed E-state index contributed by atoms with van der Waals surface area (Å²) >= 11 is 1.68. The van der Waals surface area contributed by atoms with Gasteiger partial charge in [-0.2, -0.15) is 0 Å². The fraction of sp³-hybridized carbons (Fsp3) is 0.316. The van der Waals surface area contributed by atoms with Gasteiger partial charge in [0.25, 0.3) is 5.91 Å². The molecule has 2 aromatic rings. The normalized spacial score (nSPS) is 10.4. The van der Waals surface area contributed by atoms with Crippen molar-refractivity contribution in [2.45, 2.75) is 25.7 Å². The summed E-state index contributed by atoms with van der Waals surface area (Å²) in [6, 6.07) is 13.7. The van der Waals surface area contributed by atoms with Crippen molar-refractivity contribution in [2.75, 3.05) is 18.9 Å². The molecule has 0 saturated heterocycles. The van der Waals surface area contributed by atoms with Crippen LogP contribution in [0.5, 0.6) is 5.75 Å². The van der Waals surface area contributed by atoms with Gasteiger partial charge in [0.2, 0.25) is 0 Å². The fourth-order valence-electron chi connectivity index (χ4n) is 2.17. The lowest BCUT2D eigenvalue weighted by atomic mass is 10.1. The first-order valence-electron chi connectivity index (χ1n) is 7.82. The molecule has 2 aromatic carbocycles. The monoisotopic (exact) mass is 329 g/mol. The van der Waals surface area contributed by atoms with Gasteiger partial charge in [-0.05, 0) is 55.0 Å². The molecule has 0 aliphatic heterocycles. The molecule has 1 N–H and O–H groups in total. The number of aryl methyl sites for hydroxylation is 2. The van der Waals surface area contributed by atoms with Crippen LogP contribution < -0.4 is 10.1 Å². The average Bonchev–Trinajstić information content (AvgIpc) is 2.55. The maximum Gasteiger partial charge on any atom is 0.252 e. The summed E-state index contributed by atoms with van der Waals surface area (Å²) in [5.41, 5.74) is 3.18. The Balaban J connectivity index is 1.84. The summed E-state index contributed by atoms with van der Waals surface area (Å²) in [6.45, 7) is 7.16. The molecule has 0 heterocycles. The minimum absolute atomic E-state index is 0.0507. The number of benzene rings is 2. The molecule has 0 atom stereocenters. The van der Waals surface area contributed by atoms with Gasteiger partial charge in [0, 0.05) is 4.90 Å². The van der Waals surface area contributed by atoms with Crippen molar-refractivity contribution in [1.82, 2.24) is 5.32 Å². The van der Waals surface area contributed by atoms with Crippen LogP contribution in [0.15, 0.2) is 47.4 Å². The van der Waals surface area contributed by atoms with Crippen LogP contribution in [-0.2, 0) is 0 Å². The van der Waals surface area contributed by atoms with Crippen LogP contribution in [0, 0.1) is 13.8 Å². The third-order valence-electron chi connectivity index (χ3n) is 3.57. The molecule has 0 aromatic heterocycles. The number of ether oxygens (including phenoxy) is 1. The van der Waals surface area contributed by atoms with Gasteiger partial charge in [-0.1, -0.05) is 25.1 Å². The molecule has 0 unspecified atom stereocenters. The number of thioether (sulfide) groups is 1. The van der Waals surface area contributed by atoms with Gasteiger partial charge in [0.15, 0.2) is 0 Å². The van der Waals surface area contributed by atoms with Crippen molar-refractivity contribution in [3.05, 3.63) is 59.2 Å². The van der Waals surface area contributed by atoms with Crippen molar-refractivity contribution in [3.63, 3.8) is 0 Å². The van der Waals surface area contributed by atoms with Crippen LogP contribution in [0.4, 0.5) is 0 Å². The number of carbonyl (C=O) groups excluding carboxylic acids is 1. The smallest absolute Gasteiger partial charge is 0.252 e. The Kier molecular flexibility index (Phi) is 6.53. The van der Waals surface area contributed by atoms with E-state index < -0.39 is 0 Å². The molecule has 0 saturated carbocycles. The van der Waals surface area contributed by atoms with E-state index in [0.717, 1.165) is 22.0 Å². The predicted octanol–water partition coefficient (Wildman–Crippen LogP) is 4.22. The minimum Gasteiger partial charge on any atom is -0.492 e. The van der Waals surface area contributed by atoms with Gasteiger partial charge >= 0.3 is 0 Å². The van der Waals surface area contributed by atoms with Gasteiger partial charge in [-0.25, -0.2) is 0 Å². The van der Waals surface area contributed by atoms with Crippen LogP contribution in [0.3, 0.4) is 0 Å². The number of rotatable bonds is 7. The minimum atomic E-state index is -0.0507. The third-order valence-corrected chi connectivity index (χ3v) is 4.52. The number of hydrogen-bond donors (Lipinski definition) is 1. The standard InChI is InChI=1S/C19H23NO2S/c1-4-23-18-8-6-5-7-17(18)19(21)20-11-12-22-16-10-9-14(2)15(3)13-16/h5-10,13H,4,11-12H2,1-3H3,(H,20,21). The number of amides is 1. The van der Waals surface area contributed by atoms with Crippen molar-refractivity contribution >= 4 is 17.7 Å². The fourth-order valence-corrected chi connectivity index (χ4v) is 2.97. The molecule has 0 aliphatic carbocycles. The van der Waals surface area contributed by atoms with E-state index in [1.54, 1.807) is 11.8 Å². The van der Waals surface area contributed by atoms with E-state index in [4.69, 9.17) is 4.74 Å². The van der Waals surface area contributed by atoms with Crippen LogP contribution in [-0.4, -0.2) is 24.8 Å². The first-order chi connectivity index (χ1) is 11.1. The van der Waals surface area contributed by atoms with E-state index >= 15 is 0 Å². The molecular formula is C19H23NO2S. The Labute approximate surface area is 142 Å². The van der Waals surface area contributed by atoms with Gasteiger partial charge in [-0.3, -0.25) is 4.79 Å². The first-order valence-corrected chi connectivity index (χ1v) is 8.80. The summed E-state index contributed by atoms with van der Waals surface area (Å²) < 4.78 is 5.69. The highest BCUT2D eigenvalue weighted by Crippen LogP contribution is 2.22. The van der Waals surface area contributed by atoms with E-state index in [1.165, 1.54) is 11.1 Å². The van der Waals surface area contributed by atoms with Gasteiger partial charge in [0.1, 0.15) is 12.4 Å². The Morgan fingerprint density at radius 2 is 1.91 bits per heavy atom. The summed E-state index contributed by atoms with van der Waals surface area (Å²) in [5, 5.41) is 2.92. The van der Waals surface area contributed by atoms with Gasteiger partial charge < -0.3 is 10.1 Å². The maximum atomic E-state index is 12.3. The molecular weight excluding hydrogens is 306 g/mol. The number of hydrogen-bond acceptors (Lipinski definition) is 3. The highest BCUT2D eigenvalue weighted by Gasteiger charge is 2.10. The Morgan fingerprint density at radius 1 is 1.13 bits per heavy atom. The summed E-state index contributed by atoms with van der Waals surface area (Å²) in [5.74, 6) is 1.73.